The fourth-order valence-electron chi connectivity index (χ4n) is 4.77. The third-order valence-electron chi connectivity index (χ3n) is 6.99. The predicted octanol–water partition coefficient (Wildman–Crippen LogP) is 11.1. The van der Waals surface area contributed by atoms with Gasteiger partial charge in [0.1, 0.15) is 0 Å². The molecule has 0 aromatic rings. The Hall–Kier alpha value is -0.530. The molecule has 0 aliphatic carbocycles. The van der Waals surface area contributed by atoms with Crippen LogP contribution < -0.4 is 0 Å². The van der Waals surface area contributed by atoms with Crippen molar-refractivity contribution >= 4 is 5.97 Å². The van der Waals surface area contributed by atoms with Crippen molar-refractivity contribution in [1.82, 2.24) is 0 Å². The zero-order valence-corrected chi connectivity index (χ0v) is 22.7. The second-order valence-electron chi connectivity index (χ2n) is 10.3. The summed E-state index contributed by atoms with van der Waals surface area (Å²) in [5.41, 5.74) is 0. The molecule has 0 aliphatic heterocycles. The molecule has 2 nitrogen and oxygen atoms in total. The summed E-state index contributed by atoms with van der Waals surface area (Å²) in [4.78, 5) is 10.4. The van der Waals surface area contributed by atoms with Gasteiger partial charge in [0.15, 0.2) is 0 Å². The summed E-state index contributed by atoms with van der Waals surface area (Å²) < 4.78 is 0. The maximum absolute atomic E-state index is 10.4. The zero-order chi connectivity index (χ0) is 23.4. The molecule has 1 N–H and O–H groups in total. The lowest BCUT2D eigenvalue weighted by atomic mass is 10.0. The Labute approximate surface area is 210 Å². The van der Waals surface area contributed by atoms with Gasteiger partial charge in [0, 0.05) is 13.8 Å². The van der Waals surface area contributed by atoms with Crippen LogP contribution in [-0.4, -0.2) is 11.1 Å². The Morgan fingerprint density at radius 3 is 0.758 bits per heavy atom. The van der Waals surface area contributed by atoms with E-state index < -0.39 is 5.97 Å². The molecular weight excluding hydrogens is 404 g/mol. The van der Waals surface area contributed by atoms with Gasteiger partial charge in [-0.2, -0.15) is 0 Å². The van der Waals surface area contributed by atoms with E-state index in [9.17, 15) is 4.79 Å². The van der Waals surface area contributed by atoms with Gasteiger partial charge < -0.3 is 5.11 Å². The molecule has 0 bridgehead atoms. The van der Waals surface area contributed by atoms with Crippen molar-refractivity contribution in [3.05, 3.63) is 7.43 Å². The largest absolute Gasteiger partial charge is 0.481 e. The van der Waals surface area contributed by atoms with Gasteiger partial charge in [-0.3, -0.25) is 4.79 Å². The van der Waals surface area contributed by atoms with E-state index in [1.165, 1.54) is 161 Å². The minimum absolute atomic E-state index is 0. The Kier molecular flexibility index (Phi) is 33.0. The van der Waals surface area contributed by atoms with Gasteiger partial charge in [-0.25, -0.2) is 0 Å². The quantitative estimate of drug-likeness (QED) is 0.117. The zero-order valence-electron chi connectivity index (χ0n) is 22.7. The highest BCUT2D eigenvalue weighted by molar-refractivity contribution is 5.66. The van der Waals surface area contributed by atoms with Crippen molar-refractivity contribution in [2.45, 2.75) is 187 Å². The van der Waals surface area contributed by atoms with Crippen molar-refractivity contribution in [3.63, 3.8) is 0 Å². The number of aliphatic carboxylic acids is 1. The molecular formula is C31H60O2. The molecule has 196 valence electrons. The van der Waals surface area contributed by atoms with Crippen LogP contribution in [-0.2, 0) is 4.79 Å². The van der Waals surface area contributed by atoms with E-state index in [4.69, 9.17) is 5.11 Å². The van der Waals surface area contributed by atoms with Gasteiger partial charge in [0.05, 0.1) is 0 Å². The van der Waals surface area contributed by atoms with Crippen LogP contribution in [0.15, 0.2) is 0 Å². The summed E-state index contributed by atoms with van der Waals surface area (Å²) in [5, 5.41) is 8.61. The first-order chi connectivity index (χ1) is 15.8. The second kappa shape index (κ2) is 31.5. The molecule has 0 aromatic heterocycles. The van der Waals surface area contributed by atoms with Gasteiger partial charge in [0.25, 0.3) is 0 Å². The standard InChI is InChI=1S/C30H60O2.C/c1-2-3-4-5-6-7-8-9-10-11-12-13-14-15-16-17-18-19-20-21-22-23-24-25-26-27-28-29-30(31)32;/h2-29H2,1H3,(H,31,32);. The summed E-state index contributed by atoms with van der Waals surface area (Å²) in [5.74, 6) is -0.649. The molecule has 2 heteroatoms. The Bertz CT molecular complexity index is 353. The van der Waals surface area contributed by atoms with Crippen molar-refractivity contribution in [2.75, 3.05) is 0 Å². The Balaban J connectivity index is 0. The SMILES string of the molecule is CCCCCCCCCCCCCCCCCCCCCCCCCCCCCC(=O)O.[C]. The van der Waals surface area contributed by atoms with Crippen LogP contribution >= 0.6 is 0 Å². The molecule has 33 heavy (non-hydrogen) atoms. The maximum atomic E-state index is 10.4. The van der Waals surface area contributed by atoms with Crippen LogP contribution in [0.1, 0.15) is 187 Å². The average molecular weight is 465 g/mol. The van der Waals surface area contributed by atoms with Crippen LogP contribution in [0, 0.1) is 7.43 Å². The Morgan fingerprint density at radius 1 is 0.394 bits per heavy atom. The summed E-state index contributed by atoms with van der Waals surface area (Å²) in [7, 11) is 0. The molecule has 0 unspecified atom stereocenters. The fourth-order valence-corrected chi connectivity index (χ4v) is 4.77. The van der Waals surface area contributed by atoms with Gasteiger partial charge in [-0.1, -0.05) is 174 Å². The lowest BCUT2D eigenvalue weighted by molar-refractivity contribution is -0.137. The van der Waals surface area contributed by atoms with Crippen LogP contribution in [0.3, 0.4) is 0 Å². The number of hydrogen-bond donors (Lipinski definition) is 1. The molecule has 0 aliphatic rings. The monoisotopic (exact) mass is 464 g/mol. The molecule has 0 fully saturated rings. The van der Waals surface area contributed by atoms with Crippen molar-refractivity contribution in [2.24, 2.45) is 0 Å². The normalized spacial score (nSPS) is 10.9. The third-order valence-corrected chi connectivity index (χ3v) is 6.99. The molecule has 4 radical (unpaired) electrons. The van der Waals surface area contributed by atoms with E-state index in [1.807, 2.05) is 0 Å². The first kappa shape index (κ1) is 34.6. The molecule has 0 rings (SSSR count). The van der Waals surface area contributed by atoms with E-state index in [0.717, 1.165) is 12.8 Å². The van der Waals surface area contributed by atoms with Crippen LogP contribution in [0.25, 0.3) is 0 Å². The lowest BCUT2D eigenvalue weighted by Crippen LogP contribution is -1.93. The number of unbranched alkanes of at least 4 members (excludes halogenated alkanes) is 26. The minimum atomic E-state index is -0.649. The average Bonchev–Trinajstić information content (AvgIpc) is 2.78. The number of carboxylic acid groups (broad SMARTS) is 1. The number of carbonyl (C=O) groups is 1. The van der Waals surface area contributed by atoms with Crippen LogP contribution in [0.4, 0.5) is 0 Å². The minimum Gasteiger partial charge on any atom is -0.481 e. The third kappa shape index (κ3) is 33.7. The molecule has 0 atom stereocenters. The van der Waals surface area contributed by atoms with Crippen LogP contribution in [0.2, 0.25) is 0 Å². The van der Waals surface area contributed by atoms with Gasteiger partial charge in [-0.15, -0.1) is 0 Å². The van der Waals surface area contributed by atoms with E-state index in [1.54, 1.807) is 0 Å². The van der Waals surface area contributed by atoms with E-state index >= 15 is 0 Å². The summed E-state index contributed by atoms with van der Waals surface area (Å²) in [6.45, 7) is 2.30. The Morgan fingerprint density at radius 2 is 0.576 bits per heavy atom. The smallest absolute Gasteiger partial charge is 0.303 e. The predicted molar refractivity (Wildman–Crippen MR) is 146 cm³/mol. The molecule has 0 amide bonds. The van der Waals surface area contributed by atoms with E-state index in [2.05, 4.69) is 6.92 Å². The highest BCUT2D eigenvalue weighted by atomic mass is 16.4. The summed E-state index contributed by atoms with van der Waals surface area (Å²) in [6, 6.07) is 0. The first-order valence-corrected chi connectivity index (χ1v) is 15.0. The maximum Gasteiger partial charge on any atom is 0.303 e. The molecule has 0 saturated carbocycles. The molecule has 0 heterocycles. The van der Waals surface area contributed by atoms with Gasteiger partial charge >= 0.3 is 5.97 Å². The second-order valence-corrected chi connectivity index (χ2v) is 10.3. The highest BCUT2D eigenvalue weighted by Gasteiger charge is 1.98. The van der Waals surface area contributed by atoms with Gasteiger partial charge in [0.2, 0.25) is 0 Å². The van der Waals surface area contributed by atoms with Crippen molar-refractivity contribution in [1.29, 1.82) is 0 Å². The van der Waals surface area contributed by atoms with Gasteiger partial charge in [-0.05, 0) is 6.42 Å². The lowest BCUT2D eigenvalue weighted by Gasteiger charge is -2.04. The summed E-state index contributed by atoms with van der Waals surface area (Å²) in [6.07, 6.45) is 38.0. The highest BCUT2D eigenvalue weighted by Crippen LogP contribution is 2.16. The topological polar surface area (TPSA) is 37.3 Å². The van der Waals surface area contributed by atoms with E-state index in [0.29, 0.717) is 6.42 Å². The fraction of sp³-hybridized carbons (Fsp3) is 0.935. The first-order valence-electron chi connectivity index (χ1n) is 15.0. The number of carboxylic acids is 1. The molecule has 0 saturated heterocycles. The molecule has 0 aromatic carbocycles. The number of rotatable bonds is 28. The molecule has 0 spiro atoms. The van der Waals surface area contributed by atoms with Crippen LogP contribution in [0.5, 0.6) is 0 Å². The van der Waals surface area contributed by atoms with Crippen molar-refractivity contribution < 1.29 is 9.90 Å². The van der Waals surface area contributed by atoms with Crippen molar-refractivity contribution in [3.8, 4) is 0 Å². The van der Waals surface area contributed by atoms with E-state index in [-0.39, 0.29) is 7.43 Å². The number of hydrogen-bond acceptors (Lipinski definition) is 1. The summed E-state index contributed by atoms with van der Waals surface area (Å²) >= 11 is 0.